The van der Waals surface area contributed by atoms with Crippen molar-refractivity contribution in [3.05, 3.63) is 57.9 Å². The molecule has 3 rings (SSSR count). The third-order valence-corrected chi connectivity index (χ3v) is 4.07. The molecular formula is C16H15N3O4. The van der Waals surface area contributed by atoms with Gasteiger partial charge in [-0.25, -0.2) is 0 Å². The van der Waals surface area contributed by atoms with Gasteiger partial charge in [-0.3, -0.25) is 10.1 Å². The summed E-state index contributed by atoms with van der Waals surface area (Å²) in [7, 11) is 0. The van der Waals surface area contributed by atoms with Crippen LogP contribution in [0.1, 0.15) is 31.0 Å². The van der Waals surface area contributed by atoms with Gasteiger partial charge >= 0.3 is 0 Å². The standard InChI is InChI=1S/C16H15N3O4/c1-16(2)15(20)14(18-6-5-11(9-18)19(21)22)12-7-10(8-17)3-4-13(12)23-16/h3-7,9,14-15,20H,1-2H3/t14-,15+/m0/s1. The Hall–Kier alpha value is -2.85. The summed E-state index contributed by atoms with van der Waals surface area (Å²) in [6.07, 6.45) is 1.99. The molecule has 2 atom stereocenters. The highest BCUT2D eigenvalue weighted by Gasteiger charge is 2.44. The lowest BCUT2D eigenvalue weighted by Crippen LogP contribution is -2.50. The number of rotatable bonds is 2. The number of nitriles is 1. The molecule has 0 fully saturated rings. The number of hydrogen-bond acceptors (Lipinski definition) is 5. The first-order valence-electron chi connectivity index (χ1n) is 7.06. The fourth-order valence-electron chi connectivity index (χ4n) is 2.84. The number of fused-ring (bicyclic) bond motifs is 1. The van der Waals surface area contributed by atoms with E-state index < -0.39 is 22.7 Å². The Morgan fingerprint density at radius 3 is 2.78 bits per heavy atom. The zero-order chi connectivity index (χ0) is 16.8. The third kappa shape index (κ3) is 2.43. The van der Waals surface area contributed by atoms with Crippen LogP contribution in [0.15, 0.2) is 36.7 Å². The fourth-order valence-corrected chi connectivity index (χ4v) is 2.84. The third-order valence-electron chi connectivity index (χ3n) is 4.07. The van der Waals surface area contributed by atoms with Gasteiger partial charge in [0.1, 0.15) is 17.5 Å². The zero-order valence-corrected chi connectivity index (χ0v) is 12.6. The molecule has 1 aromatic carbocycles. The monoisotopic (exact) mass is 313 g/mol. The van der Waals surface area contributed by atoms with Crippen molar-refractivity contribution in [1.29, 1.82) is 5.26 Å². The van der Waals surface area contributed by atoms with Crippen molar-refractivity contribution in [2.24, 2.45) is 0 Å². The summed E-state index contributed by atoms with van der Waals surface area (Å²) >= 11 is 0. The molecule has 0 amide bonds. The second-order valence-corrected chi connectivity index (χ2v) is 6.03. The summed E-state index contributed by atoms with van der Waals surface area (Å²) in [5.41, 5.74) is 0.136. The predicted octanol–water partition coefficient (Wildman–Crippen LogP) is 2.39. The van der Waals surface area contributed by atoms with Crippen LogP contribution in [-0.2, 0) is 0 Å². The minimum atomic E-state index is -0.934. The van der Waals surface area contributed by atoms with E-state index in [1.165, 1.54) is 12.3 Å². The second-order valence-electron chi connectivity index (χ2n) is 6.03. The lowest BCUT2D eigenvalue weighted by atomic mass is 9.86. The molecule has 1 N–H and O–H groups in total. The number of benzene rings is 1. The van der Waals surface area contributed by atoms with Crippen LogP contribution < -0.4 is 4.74 Å². The molecule has 0 radical (unpaired) electrons. The summed E-state index contributed by atoms with van der Waals surface area (Å²) < 4.78 is 7.42. The zero-order valence-electron chi connectivity index (χ0n) is 12.6. The first kappa shape index (κ1) is 15.1. The van der Waals surface area contributed by atoms with Gasteiger partial charge < -0.3 is 14.4 Å². The number of ether oxygens (including phenoxy) is 1. The Kier molecular flexibility index (Phi) is 3.34. The smallest absolute Gasteiger partial charge is 0.286 e. The minimum absolute atomic E-state index is 0.0560. The number of nitrogens with zero attached hydrogens (tertiary/aromatic N) is 3. The molecule has 1 aliphatic heterocycles. The summed E-state index contributed by atoms with van der Waals surface area (Å²) in [4.78, 5) is 10.4. The number of aromatic nitrogens is 1. The molecule has 23 heavy (non-hydrogen) atoms. The molecule has 0 bridgehead atoms. The molecule has 2 aromatic rings. The molecule has 0 unspecified atom stereocenters. The molecular weight excluding hydrogens is 298 g/mol. The first-order valence-corrected chi connectivity index (χ1v) is 7.06. The summed E-state index contributed by atoms with van der Waals surface area (Å²) in [6.45, 7) is 3.51. The maximum Gasteiger partial charge on any atom is 0.286 e. The van der Waals surface area contributed by atoms with Crippen LogP contribution in [0.2, 0.25) is 0 Å². The van der Waals surface area contributed by atoms with Crippen LogP contribution in [0.5, 0.6) is 5.75 Å². The normalized spacial score (nSPS) is 21.8. The van der Waals surface area contributed by atoms with Gasteiger partial charge in [0.15, 0.2) is 0 Å². The Labute approximate surface area is 132 Å². The number of nitro groups is 1. The average Bonchev–Trinajstić information content (AvgIpc) is 2.97. The van der Waals surface area contributed by atoms with Gasteiger partial charge in [0, 0.05) is 17.8 Å². The van der Waals surface area contributed by atoms with Gasteiger partial charge in [-0.05, 0) is 32.0 Å². The lowest BCUT2D eigenvalue weighted by Gasteiger charge is -2.42. The van der Waals surface area contributed by atoms with Crippen molar-refractivity contribution in [3.63, 3.8) is 0 Å². The van der Waals surface area contributed by atoms with Crippen molar-refractivity contribution in [3.8, 4) is 11.8 Å². The predicted molar refractivity (Wildman–Crippen MR) is 81.1 cm³/mol. The average molecular weight is 313 g/mol. The Balaban J connectivity index is 2.17. The van der Waals surface area contributed by atoms with Crippen molar-refractivity contribution in [1.82, 2.24) is 4.57 Å². The molecule has 7 nitrogen and oxygen atoms in total. The van der Waals surface area contributed by atoms with E-state index in [2.05, 4.69) is 6.07 Å². The molecule has 2 heterocycles. The lowest BCUT2D eigenvalue weighted by molar-refractivity contribution is -0.384. The van der Waals surface area contributed by atoms with Gasteiger partial charge in [0.2, 0.25) is 0 Å². The molecule has 7 heteroatoms. The van der Waals surface area contributed by atoms with E-state index in [1.807, 2.05) is 0 Å². The fraction of sp³-hybridized carbons (Fsp3) is 0.312. The summed E-state index contributed by atoms with van der Waals surface area (Å²) in [5, 5.41) is 30.7. The van der Waals surface area contributed by atoms with Gasteiger partial charge in [-0.15, -0.1) is 0 Å². The maximum absolute atomic E-state index is 10.9. The van der Waals surface area contributed by atoms with Crippen LogP contribution in [0, 0.1) is 21.4 Å². The van der Waals surface area contributed by atoms with Crippen LogP contribution in [0.25, 0.3) is 0 Å². The largest absolute Gasteiger partial charge is 0.485 e. The quantitative estimate of drug-likeness (QED) is 0.677. The highest BCUT2D eigenvalue weighted by molar-refractivity contribution is 5.47. The Bertz CT molecular complexity index is 819. The number of aliphatic hydroxyl groups excluding tert-OH is 1. The van der Waals surface area contributed by atoms with Crippen molar-refractivity contribution < 1.29 is 14.8 Å². The van der Waals surface area contributed by atoms with E-state index in [-0.39, 0.29) is 5.69 Å². The van der Waals surface area contributed by atoms with E-state index in [9.17, 15) is 15.2 Å². The van der Waals surface area contributed by atoms with Crippen LogP contribution in [0.4, 0.5) is 5.69 Å². The van der Waals surface area contributed by atoms with E-state index in [1.54, 1.807) is 42.8 Å². The van der Waals surface area contributed by atoms with Gasteiger partial charge in [-0.2, -0.15) is 5.26 Å². The number of hydrogen-bond donors (Lipinski definition) is 1. The van der Waals surface area contributed by atoms with Gasteiger partial charge in [0.25, 0.3) is 5.69 Å². The van der Waals surface area contributed by atoms with Crippen LogP contribution in [-0.4, -0.2) is 26.3 Å². The first-order chi connectivity index (χ1) is 10.8. The van der Waals surface area contributed by atoms with Crippen LogP contribution in [0.3, 0.4) is 0 Å². The second kappa shape index (κ2) is 5.11. The topological polar surface area (TPSA) is 101 Å². The van der Waals surface area contributed by atoms with Crippen molar-refractivity contribution in [2.45, 2.75) is 31.6 Å². The summed E-state index contributed by atoms with van der Waals surface area (Å²) in [6, 6.07) is 7.83. The summed E-state index contributed by atoms with van der Waals surface area (Å²) in [5.74, 6) is 0.556. The molecule has 0 saturated heterocycles. The SMILES string of the molecule is CC1(C)Oc2ccc(C#N)cc2[C@H](n2ccc([N+](=O)[O-])c2)[C@H]1O. The van der Waals surface area contributed by atoms with E-state index in [4.69, 9.17) is 10.00 Å². The highest BCUT2D eigenvalue weighted by Crippen LogP contribution is 2.42. The van der Waals surface area contributed by atoms with Gasteiger partial charge in [0.05, 0.1) is 28.8 Å². The molecule has 0 aliphatic carbocycles. The van der Waals surface area contributed by atoms with Crippen molar-refractivity contribution in [2.75, 3.05) is 0 Å². The molecule has 1 aromatic heterocycles. The maximum atomic E-state index is 10.9. The van der Waals surface area contributed by atoms with Gasteiger partial charge in [-0.1, -0.05) is 0 Å². The van der Waals surface area contributed by atoms with Crippen molar-refractivity contribution >= 4 is 5.69 Å². The molecule has 118 valence electrons. The van der Waals surface area contributed by atoms with E-state index >= 15 is 0 Å². The molecule has 0 saturated carbocycles. The number of aliphatic hydroxyl groups is 1. The Morgan fingerprint density at radius 2 is 2.17 bits per heavy atom. The molecule has 0 spiro atoms. The highest BCUT2D eigenvalue weighted by atomic mass is 16.6. The van der Waals surface area contributed by atoms with Crippen LogP contribution >= 0.6 is 0 Å². The molecule has 1 aliphatic rings. The van der Waals surface area contributed by atoms with E-state index in [0.717, 1.165) is 0 Å². The minimum Gasteiger partial charge on any atom is -0.485 e. The van der Waals surface area contributed by atoms with E-state index in [0.29, 0.717) is 16.9 Å². The Morgan fingerprint density at radius 1 is 1.43 bits per heavy atom.